The van der Waals surface area contributed by atoms with E-state index in [1.165, 1.54) is 87.2 Å². The maximum absolute atomic E-state index is 4.80. The highest BCUT2D eigenvalue weighted by atomic mass is 32.1. The summed E-state index contributed by atoms with van der Waals surface area (Å²) in [5, 5.41) is 13.1. The SMILES string of the molecule is SCCc1c2cc3c(-c4ccccc4)c4ccccc4c(-c4ccccc4)c3cc2c(CCS)c2c1ccc1ccccc12. The van der Waals surface area contributed by atoms with Crippen LogP contribution in [0.1, 0.15) is 11.1 Å². The molecule has 0 aromatic heterocycles. The molecule has 0 spiro atoms. The van der Waals surface area contributed by atoms with Crippen LogP contribution in [0.4, 0.5) is 0 Å². The van der Waals surface area contributed by atoms with E-state index in [1.807, 2.05) is 0 Å². The number of hydrogen-bond donors (Lipinski definition) is 2. The Morgan fingerprint density at radius 3 is 1.41 bits per heavy atom. The maximum Gasteiger partial charge on any atom is -0.00261 e. The molecule has 0 nitrogen and oxygen atoms in total. The predicted octanol–water partition coefficient (Wildman–Crippen LogP) is 11.7. The molecule has 8 aromatic rings. The standard InChI is InChI=1S/C42H32S2/c43-23-21-31-34-20-19-27-11-7-8-16-30(27)42(34)35(22-24-44)37-26-39-38(25-36(31)37)40(28-12-3-1-4-13-28)32-17-9-10-18-33(32)41(39)29-14-5-2-6-15-29/h1-20,25-26,43-44H,21-24H2. The van der Waals surface area contributed by atoms with Gasteiger partial charge in [0.25, 0.3) is 0 Å². The molecule has 0 atom stereocenters. The molecule has 0 heterocycles. The average Bonchev–Trinajstić information content (AvgIpc) is 3.08. The molecule has 0 amide bonds. The van der Waals surface area contributed by atoms with Gasteiger partial charge in [0, 0.05) is 0 Å². The van der Waals surface area contributed by atoms with Gasteiger partial charge in [-0.05, 0) is 124 Å². The highest BCUT2D eigenvalue weighted by Crippen LogP contribution is 2.47. The molecule has 0 saturated carbocycles. The summed E-state index contributed by atoms with van der Waals surface area (Å²) in [6, 6.07) is 49.2. The van der Waals surface area contributed by atoms with Crippen LogP contribution < -0.4 is 0 Å². The normalized spacial score (nSPS) is 11.8. The van der Waals surface area contributed by atoms with Gasteiger partial charge < -0.3 is 0 Å². The van der Waals surface area contributed by atoms with Gasteiger partial charge in [-0.15, -0.1) is 0 Å². The van der Waals surface area contributed by atoms with E-state index < -0.39 is 0 Å². The Bertz CT molecular complexity index is 2340. The molecule has 0 N–H and O–H groups in total. The summed E-state index contributed by atoms with van der Waals surface area (Å²) in [5.74, 6) is 1.58. The lowest BCUT2D eigenvalue weighted by Gasteiger charge is -2.22. The van der Waals surface area contributed by atoms with Crippen LogP contribution in [0.2, 0.25) is 0 Å². The molecule has 0 fully saturated rings. The molecule has 0 saturated heterocycles. The zero-order chi connectivity index (χ0) is 29.6. The summed E-state index contributed by atoms with van der Waals surface area (Å²) in [4.78, 5) is 0. The summed E-state index contributed by atoms with van der Waals surface area (Å²) in [5.41, 5.74) is 7.84. The van der Waals surface area contributed by atoms with Crippen molar-refractivity contribution in [2.45, 2.75) is 12.8 Å². The van der Waals surface area contributed by atoms with Crippen LogP contribution in [0.25, 0.3) is 76.1 Å². The minimum atomic E-state index is 0.788. The smallest absolute Gasteiger partial charge is 0.00261 e. The van der Waals surface area contributed by atoms with Crippen LogP contribution in [-0.2, 0) is 12.8 Å². The van der Waals surface area contributed by atoms with Gasteiger partial charge in [-0.2, -0.15) is 25.3 Å². The van der Waals surface area contributed by atoms with Gasteiger partial charge in [0.2, 0.25) is 0 Å². The molecular formula is C42H32S2. The predicted molar refractivity (Wildman–Crippen MR) is 200 cm³/mol. The number of rotatable bonds is 6. The second-order valence-corrected chi connectivity index (χ2v) is 12.5. The monoisotopic (exact) mass is 600 g/mol. The fourth-order valence-electron chi connectivity index (χ4n) is 7.43. The second kappa shape index (κ2) is 11.4. The van der Waals surface area contributed by atoms with E-state index in [0.717, 1.165) is 24.3 Å². The minimum absolute atomic E-state index is 0.788. The van der Waals surface area contributed by atoms with Crippen LogP contribution in [-0.4, -0.2) is 11.5 Å². The highest BCUT2D eigenvalue weighted by Gasteiger charge is 2.21. The van der Waals surface area contributed by atoms with Gasteiger partial charge in [0.1, 0.15) is 0 Å². The van der Waals surface area contributed by atoms with Crippen molar-refractivity contribution in [3.8, 4) is 22.3 Å². The molecule has 0 radical (unpaired) electrons. The average molecular weight is 601 g/mol. The summed E-state index contributed by atoms with van der Waals surface area (Å²) >= 11 is 9.57. The summed E-state index contributed by atoms with van der Waals surface area (Å²) < 4.78 is 0. The number of fused-ring (bicyclic) bond motifs is 6. The molecule has 0 aliphatic heterocycles. The van der Waals surface area contributed by atoms with Crippen LogP contribution in [0, 0.1) is 0 Å². The van der Waals surface area contributed by atoms with Crippen molar-refractivity contribution < 1.29 is 0 Å². The van der Waals surface area contributed by atoms with E-state index >= 15 is 0 Å². The van der Waals surface area contributed by atoms with E-state index in [0.29, 0.717) is 0 Å². The molecule has 0 aliphatic rings. The molecule has 2 heteroatoms. The van der Waals surface area contributed by atoms with E-state index in [-0.39, 0.29) is 0 Å². The van der Waals surface area contributed by atoms with Crippen LogP contribution >= 0.6 is 25.3 Å². The Balaban J connectivity index is 1.66. The quantitative estimate of drug-likeness (QED) is 0.106. The molecule has 44 heavy (non-hydrogen) atoms. The summed E-state index contributed by atoms with van der Waals surface area (Å²) in [6.07, 6.45) is 1.80. The Morgan fingerprint density at radius 1 is 0.364 bits per heavy atom. The van der Waals surface area contributed by atoms with Crippen LogP contribution in [0.15, 0.2) is 133 Å². The van der Waals surface area contributed by atoms with Gasteiger partial charge in [-0.1, -0.05) is 121 Å². The van der Waals surface area contributed by atoms with E-state index in [4.69, 9.17) is 25.3 Å². The highest BCUT2D eigenvalue weighted by molar-refractivity contribution is 7.80. The summed E-state index contributed by atoms with van der Waals surface area (Å²) in [7, 11) is 0. The Hall–Kier alpha value is -4.24. The topological polar surface area (TPSA) is 0 Å². The first-order valence-electron chi connectivity index (χ1n) is 15.4. The maximum atomic E-state index is 4.80. The first-order valence-corrected chi connectivity index (χ1v) is 16.6. The third-order valence-electron chi connectivity index (χ3n) is 9.22. The lowest BCUT2D eigenvalue weighted by molar-refractivity contribution is 1.18. The van der Waals surface area contributed by atoms with Gasteiger partial charge in [0.05, 0.1) is 0 Å². The van der Waals surface area contributed by atoms with Gasteiger partial charge in [0.15, 0.2) is 0 Å². The van der Waals surface area contributed by atoms with Gasteiger partial charge >= 0.3 is 0 Å². The fraction of sp³-hybridized carbons (Fsp3) is 0.0952. The Labute approximate surface area is 269 Å². The third-order valence-corrected chi connectivity index (χ3v) is 9.66. The third kappa shape index (κ3) is 4.31. The minimum Gasteiger partial charge on any atom is -0.179 e. The Morgan fingerprint density at radius 2 is 0.841 bits per heavy atom. The van der Waals surface area contributed by atoms with Crippen LogP contribution in [0.5, 0.6) is 0 Å². The zero-order valence-corrected chi connectivity index (χ0v) is 26.2. The second-order valence-electron chi connectivity index (χ2n) is 11.6. The lowest BCUT2D eigenvalue weighted by atomic mass is 9.81. The van der Waals surface area contributed by atoms with Crippen molar-refractivity contribution in [3.63, 3.8) is 0 Å². The lowest BCUT2D eigenvalue weighted by Crippen LogP contribution is -2.00. The largest absolute Gasteiger partial charge is 0.179 e. The van der Waals surface area contributed by atoms with Crippen molar-refractivity contribution in [2.24, 2.45) is 0 Å². The molecule has 212 valence electrons. The van der Waals surface area contributed by atoms with Gasteiger partial charge in [-0.3, -0.25) is 0 Å². The number of aryl methyl sites for hydroxylation is 2. The molecule has 0 aliphatic carbocycles. The van der Waals surface area contributed by atoms with E-state index in [9.17, 15) is 0 Å². The molecule has 8 aromatic carbocycles. The first-order chi connectivity index (χ1) is 21.8. The number of thiol groups is 2. The van der Waals surface area contributed by atoms with Gasteiger partial charge in [-0.25, -0.2) is 0 Å². The van der Waals surface area contributed by atoms with Crippen molar-refractivity contribution in [1.82, 2.24) is 0 Å². The molecule has 8 rings (SSSR count). The number of benzene rings is 8. The Kier molecular flexibility index (Phi) is 7.05. The fourth-order valence-corrected chi connectivity index (χ4v) is 7.88. The summed E-state index contributed by atoms with van der Waals surface area (Å²) in [6.45, 7) is 0. The number of hydrogen-bond acceptors (Lipinski definition) is 2. The molecule has 0 bridgehead atoms. The van der Waals surface area contributed by atoms with Crippen molar-refractivity contribution in [2.75, 3.05) is 11.5 Å². The first kappa shape index (κ1) is 27.3. The molecule has 0 unspecified atom stereocenters. The van der Waals surface area contributed by atoms with Crippen molar-refractivity contribution in [1.29, 1.82) is 0 Å². The van der Waals surface area contributed by atoms with E-state index in [1.54, 1.807) is 0 Å². The van der Waals surface area contributed by atoms with Crippen LogP contribution in [0.3, 0.4) is 0 Å². The zero-order valence-electron chi connectivity index (χ0n) is 24.4. The van der Waals surface area contributed by atoms with Crippen molar-refractivity contribution in [3.05, 3.63) is 145 Å². The molecular weight excluding hydrogens is 569 g/mol. The van der Waals surface area contributed by atoms with Crippen molar-refractivity contribution >= 4 is 79.1 Å². The van der Waals surface area contributed by atoms with E-state index in [2.05, 4.69) is 133 Å².